The van der Waals surface area contributed by atoms with E-state index >= 15 is 0 Å². The molecule has 2 fully saturated rings. The summed E-state index contributed by atoms with van der Waals surface area (Å²) in [5.41, 5.74) is 0.126. The van der Waals surface area contributed by atoms with E-state index in [4.69, 9.17) is 9.47 Å². The summed E-state index contributed by atoms with van der Waals surface area (Å²) in [6.45, 7) is 6.78. The fourth-order valence-electron chi connectivity index (χ4n) is 3.67. The molecule has 1 aromatic rings. The molecule has 0 bridgehead atoms. The maximum Gasteiger partial charge on any atom is 0.410 e. The molecule has 6 heteroatoms. The predicted octanol–water partition coefficient (Wildman–Crippen LogP) is 3.06. The van der Waals surface area contributed by atoms with Crippen LogP contribution in [0.2, 0.25) is 0 Å². The molecule has 0 radical (unpaired) electrons. The van der Waals surface area contributed by atoms with Crippen LogP contribution in [-0.2, 0) is 9.47 Å². The van der Waals surface area contributed by atoms with Gasteiger partial charge in [0.25, 0.3) is 0 Å². The van der Waals surface area contributed by atoms with Crippen LogP contribution in [-0.4, -0.2) is 51.5 Å². The first kappa shape index (κ1) is 18.1. The molecule has 0 unspecified atom stereocenters. The first-order chi connectivity index (χ1) is 11.8. The van der Waals surface area contributed by atoms with Crippen LogP contribution >= 0.6 is 0 Å². The molecule has 3 rings (SSSR count). The van der Waals surface area contributed by atoms with Crippen LogP contribution in [0.1, 0.15) is 58.1 Å². The van der Waals surface area contributed by atoms with Gasteiger partial charge in [0.2, 0.25) is 0 Å². The Morgan fingerprint density at radius 2 is 2.12 bits per heavy atom. The fraction of sp³-hybridized carbons (Fsp3) is 0.684. The van der Waals surface area contributed by atoms with Crippen LogP contribution in [0.15, 0.2) is 24.5 Å². The second-order valence-electron chi connectivity index (χ2n) is 8.14. The number of carbonyl (C=O) groups excluding carboxylic acids is 1. The molecule has 2 atom stereocenters. The highest BCUT2D eigenvalue weighted by atomic mass is 16.6. The van der Waals surface area contributed by atoms with E-state index in [0.717, 1.165) is 5.56 Å². The maximum absolute atomic E-state index is 12.2. The molecule has 3 heterocycles. The number of nitrogens with zero attached hydrogens (tertiary/aromatic N) is 2. The molecule has 0 saturated carbocycles. The van der Waals surface area contributed by atoms with Gasteiger partial charge in [-0.05, 0) is 45.2 Å². The average Bonchev–Trinajstić information content (AvgIpc) is 2.54. The van der Waals surface area contributed by atoms with E-state index in [0.29, 0.717) is 38.8 Å². The highest BCUT2D eigenvalue weighted by Crippen LogP contribution is 2.42. The van der Waals surface area contributed by atoms with Gasteiger partial charge in [0, 0.05) is 38.3 Å². The van der Waals surface area contributed by atoms with Gasteiger partial charge in [-0.3, -0.25) is 4.98 Å². The van der Waals surface area contributed by atoms with Crippen molar-refractivity contribution in [1.29, 1.82) is 0 Å². The number of hydrogen-bond donors (Lipinski definition) is 1. The number of likely N-dealkylation sites (tertiary alicyclic amines) is 1. The van der Waals surface area contributed by atoms with Crippen molar-refractivity contribution in [2.75, 3.05) is 13.1 Å². The van der Waals surface area contributed by atoms with Gasteiger partial charge in [0.05, 0.1) is 17.8 Å². The Morgan fingerprint density at radius 3 is 2.72 bits per heavy atom. The molecule has 138 valence electrons. The molecule has 0 aromatic carbocycles. The van der Waals surface area contributed by atoms with Crippen LogP contribution in [0.4, 0.5) is 4.79 Å². The quantitative estimate of drug-likeness (QED) is 0.844. The van der Waals surface area contributed by atoms with Crippen molar-refractivity contribution in [3.63, 3.8) is 0 Å². The smallest absolute Gasteiger partial charge is 0.410 e. The van der Waals surface area contributed by atoms with Gasteiger partial charge in [-0.1, -0.05) is 6.07 Å². The first-order valence-corrected chi connectivity index (χ1v) is 9.00. The Bertz CT molecular complexity index is 591. The van der Waals surface area contributed by atoms with E-state index in [9.17, 15) is 9.90 Å². The number of aliphatic hydroxyl groups excluding tert-OH is 1. The van der Waals surface area contributed by atoms with Crippen molar-refractivity contribution < 1.29 is 19.4 Å². The zero-order valence-electron chi connectivity index (χ0n) is 15.3. The van der Waals surface area contributed by atoms with Crippen LogP contribution in [0.5, 0.6) is 0 Å². The van der Waals surface area contributed by atoms with Gasteiger partial charge >= 0.3 is 6.09 Å². The number of amides is 1. The minimum Gasteiger partial charge on any atom is -0.444 e. The average molecular weight is 348 g/mol. The van der Waals surface area contributed by atoms with E-state index in [1.165, 1.54) is 0 Å². The van der Waals surface area contributed by atoms with Crippen molar-refractivity contribution in [1.82, 2.24) is 9.88 Å². The van der Waals surface area contributed by atoms with Crippen molar-refractivity contribution in [2.45, 2.75) is 69.9 Å². The molecule has 1 amide bonds. The van der Waals surface area contributed by atoms with Crippen LogP contribution < -0.4 is 0 Å². The molecule has 6 nitrogen and oxygen atoms in total. The predicted molar refractivity (Wildman–Crippen MR) is 93.1 cm³/mol. The second-order valence-corrected chi connectivity index (χ2v) is 8.14. The van der Waals surface area contributed by atoms with E-state index in [1.54, 1.807) is 17.3 Å². The summed E-state index contributed by atoms with van der Waals surface area (Å²) in [4.78, 5) is 18.1. The summed E-state index contributed by atoms with van der Waals surface area (Å²) in [7, 11) is 0. The largest absolute Gasteiger partial charge is 0.444 e. The van der Waals surface area contributed by atoms with Crippen molar-refractivity contribution in [3.05, 3.63) is 30.1 Å². The third kappa shape index (κ3) is 4.50. The number of pyridine rings is 1. The molecule has 25 heavy (non-hydrogen) atoms. The van der Waals surface area contributed by atoms with Crippen LogP contribution in [0.3, 0.4) is 0 Å². The number of rotatable bonds is 1. The zero-order chi connectivity index (χ0) is 18.1. The lowest BCUT2D eigenvalue weighted by molar-refractivity contribution is -0.183. The maximum atomic E-state index is 12.2. The van der Waals surface area contributed by atoms with Crippen LogP contribution in [0, 0.1) is 0 Å². The molecule has 1 spiro atoms. The van der Waals surface area contributed by atoms with Crippen molar-refractivity contribution in [2.24, 2.45) is 0 Å². The molecular weight excluding hydrogens is 320 g/mol. The van der Waals surface area contributed by atoms with E-state index in [-0.39, 0.29) is 17.8 Å². The monoisotopic (exact) mass is 348 g/mol. The standard InChI is InChI=1S/C19H28N2O4/c1-18(2,3)25-17(23)21-9-6-19(7-10-21)12-15(22)11-16(24-19)14-5-4-8-20-13-14/h4-5,8,13,15-16,22H,6-7,9-12H2,1-3H3/t15-,16-/m1/s1. The Labute approximate surface area is 149 Å². The second kappa shape index (κ2) is 6.92. The normalized spacial score (nSPS) is 26.5. The Balaban J connectivity index is 1.64. The number of hydrogen-bond acceptors (Lipinski definition) is 5. The fourth-order valence-corrected chi connectivity index (χ4v) is 3.67. The summed E-state index contributed by atoms with van der Waals surface area (Å²) in [5.74, 6) is 0. The van der Waals surface area contributed by atoms with Crippen LogP contribution in [0.25, 0.3) is 0 Å². The SMILES string of the molecule is CC(C)(C)OC(=O)N1CCC2(CC1)C[C@H](O)C[C@H](c1cccnc1)O2. The Morgan fingerprint density at radius 1 is 1.40 bits per heavy atom. The van der Waals surface area contributed by atoms with Gasteiger partial charge in [-0.2, -0.15) is 0 Å². The summed E-state index contributed by atoms with van der Waals surface area (Å²) in [5, 5.41) is 10.4. The molecular formula is C19H28N2O4. The van der Waals surface area contributed by atoms with Crippen molar-refractivity contribution in [3.8, 4) is 0 Å². The summed E-state index contributed by atoms with van der Waals surface area (Å²) < 4.78 is 11.9. The van der Waals surface area contributed by atoms with E-state index in [2.05, 4.69) is 4.98 Å². The topological polar surface area (TPSA) is 71.9 Å². The van der Waals surface area contributed by atoms with Gasteiger partial charge in [-0.25, -0.2) is 4.79 Å². The van der Waals surface area contributed by atoms with Gasteiger partial charge < -0.3 is 19.5 Å². The zero-order valence-corrected chi connectivity index (χ0v) is 15.3. The highest BCUT2D eigenvalue weighted by molar-refractivity contribution is 5.68. The third-order valence-electron chi connectivity index (χ3n) is 4.87. The van der Waals surface area contributed by atoms with Gasteiger partial charge in [-0.15, -0.1) is 0 Å². The minimum absolute atomic E-state index is 0.148. The van der Waals surface area contributed by atoms with Gasteiger partial charge in [0.1, 0.15) is 5.60 Å². The summed E-state index contributed by atoms with van der Waals surface area (Å²) in [6.07, 6.45) is 5.33. The molecule has 2 saturated heterocycles. The molecule has 1 aromatic heterocycles. The molecule has 1 N–H and O–H groups in total. The first-order valence-electron chi connectivity index (χ1n) is 9.00. The Hall–Kier alpha value is -1.66. The molecule has 2 aliphatic heterocycles. The number of piperidine rings is 1. The Kier molecular flexibility index (Phi) is 5.02. The summed E-state index contributed by atoms with van der Waals surface area (Å²) in [6, 6.07) is 3.87. The lowest BCUT2D eigenvalue weighted by Gasteiger charge is -2.47. The number of aliphatic hydroxyl groups is 1. The van der Waals surface area contributed by atoms with E-state index < -0.39 is 11.7 Å². The molecule has 2 aliphatic rings. The highest BCUT2D eigenvalue weighted by Gasteiger charge is 2.44. The van der Waals surface area contributed by atoms with Gasteiger partial charge in [0.15, 0.2) is 0 Å². The van der Waals surface area contributed by atoms with Crippen molar-refractivity contribution >= 4 is 6.09 Å². The number of aromatic nitrogens is 1. The molecule has 0 aliphatic carbocycles. The minimum atomic E-state index is -0.491. The lowest BCUT2D eigenvalue weighted by atomic mass is 9.81. The van der Waals surface area contributed by atoms with E-state index in [1.807, 2.05) is 32.9 Å². The summed E-state index contributed by atoms with van der Waals surface area (Å²) >= 11 is 0. The number of carbonyl (C=O) groups is 1. The lowest BCUT2D eigenvalue weighted by Crippen LogP contribution is -2.52. The third-order valence-corrected chi connectivity index (χ3v) is 4.87. The number of ether oxygens (including phenoxy) is 2.